The summed E-state index contributed by atoms with van der Waals surface area (Å²) in [5.41, 5.74) is 6.11. The van der Waals surface area contributed by atoms with Crippen LogP contribution in [-0.4, -0.2) is 24.4 Å². The molecule has 2 atom stereocenters. The van der Waals surface area contributed by atoms with Crippen LogP contribution in [0.25, 0.3) is 0 Å². The second-order valence-corrected chi connectivity index (χ2v) is 6.32. The van der Waals surface area contributed by atoms with E-state index in [2.05, 4.69) is 10.1 Å². The average Bonchev–Trinajstić information content (AvgIpc) is 3.32. The first-order valence-electron chi connectivity index (χ1n) is 8.10. The zero-order chi connectivity index (χ0) is 18.0. The molecule has 1 aromatic carbocycles. The second-order valence-electron chi connectivity index (χ2n) is 6.32. The molecular weight excluding hydrogens is 357 g/mol. The van der Waals surface area contributed by atoms with Crippen LogP contribution in [0.15, 0.2) is 24.3 Å². The summed E-state index contributed by atoms with van der Waals surface area (Å²) in [5, 5.41) is 2.83. The number of amides is 1. The highest BCUT2D eigenvalue weighted by Gasteiger charge is 2.46. The van der Waals surface area contributed by atoms with Crippen LogP contribution in [-0.2, 0) is 4.79 Å². The van der Waals surface area contributed by atoms with E-state index in [-0.39, 0.29) is 35.9 Å². The lowest BCUT2D eigenvalue weighted by Gasteiger charge is -2.26. The molecule has 1 aliphatic rings. The SMILES string of the molecule is CCC(N)(CC)CNC(=O)C1CC1c1ccccc1OC(F)(F)F.Cl. The number of hydrogen-bond donors (Lipinski definition) is 2. The summed E-state index contributed by atoms with van der Waals surface area (Å²) in [6, 6.07) is 5.97. The quantitative estimate of drug-likeness (QED) is 0.757. The summed E-state index contributed by atoms with van der Waals surface area (Å²) >= 11 is 0. The van der Waals surface area contributed by atoms with Crippen LogP contribution < -0.4 is 15.8 Å². The number of rotatable bonds is 7. The topological polar surface area (TPSA) is 64.3 Å². The Labute approximate surface area is 151 Å². The van der Waals surface area contributed by atoms with Gasteiger partial charge >= 0.3 is 6.36 Å². The van der Waals surface area contributed by atoms with E-state index in [0.29, 0.717) is 18.5 Å². The summed E-state index contributed by atoms with van der Waals surface area (Å²) < 4.78 is 41.5. The van der Waals surface area contributed by atoms with Crippen molar-refractivity contribution < 1.29 is 22.7 Å². The number of nitrogens with two attached hydrogens (primary N) is 1. The van der Waals surface area contributed by atoms with Gasteiger partial charge in [0.15, 0.2) is 0 Å². The van der Waals surface area contributed by atoms with Crippen LogP contribution >= 0.6 is 12.4 Å². The van der Waals surface area contributed by atoms with E-state index >= 15 is 0 Å². The molecule has 0 saturated heterocycles. The van der Waals surface area contributed by atoms with E-state index < -0.39 is 11.9 Å². The molecule has 1 aliphatic carbocycles. The number of carbonyl (C=O) groups excluding carboxylic acids is 1. The van der Waals surface area contributed by atoms with Gasteiger partial charge in [0.25, 0.3) is 0 Å². The number of alkyl halides is 3. The van der Waals surface area contributed by atoms with E-state index in [9.17, 15) is 18.0 Å². The van der Waals surface area contributed by atoms with Gasteiger partial charge < -0.3 is 15.8 Å². The molecule has 0 heterocycles. The van der Waals surface area contributed by atoms with Gasteiger partial charge in [-0.1, -0.05) is 32.0 Å². The van der Waals surface area contributed by atoms with Crippen LogP contribution in [0.2, 0.25) is 0 Å². The molecule has 0 spiro atoms. The Bertz CT molecular complexity index is 592. The van der Waals surface area contributed by atoms with Crippen LogP contribution in [0.3, 0.4) is 0 Å². The van der Waals surface area contributed by atoms with Crippen molar-refractivity contribution in [3.05, 3.63) is 29.8 Å². The molecule has 2 rings (SSSR count). The standard InChI is InChI=1S/C17H23F3N2O2.ClH/c1-3-16(21,4-2)10-22-15(23)13-9-12(13)11-7-5-6-8-14(11)24-17(18,19)20;/h5-8,12-13H,3-4,9-10,21H2,1-2H3,(H,22,23);1H. The highest BCUT2D eigenvalue weighted by molar-refractivity contribution is 5.85. The van der Waals surface area contributed by atoms with Crippen molar-refractivity contribution in [3.63, 3.8) is 0 Å². The van der Waals surface area contributed by atoms with Crippen molar-refractivity contribution in [1.82, 2.24) is 5.32 Å². The van der Waals surface area contributed by atoms with Crippen molar-refractivity contribution >= 4 is 18.3 Å². The van der Waals surface area contributed by atoms with E-state index in [4.69, 9.17) is 5.73 Å². The summed E-state index contributed by atoms with van der Waals surface area (Å²) in [5.74, 6) is -0.987. The lowest BCUT2D eigenvalue weighted by Crippen LogP contribution is -2.49. The summed E-state index contributed by atoms with van der Waals surface area (Å²) in [6.07, 6.45) is -2.76. The summed E-state index contributed by atoms with van der Waals surface area (Å²) in [4.78, 5) is 12.2. The second kappa shape index (κ2) is 8.27. The lowest BCUT2D eigenvalue weighted by atomic mass is 9.94. The zero-order valence-electron chi connectivity index (χ0n) is 14.2. The third-order valence-corrected chi connectivity index (χ3v) is 4.69. The minimum Gasteiger partial charge on any atom is -0.405 e. The Morgan fingerprint density at radius 2 is 1.88 bits per heavy atom. The third-order valence-electron chi connectivity index (χ3n) is 4.69. The first-order chi connectivity index (χ1) is 11.2. The maximum absolute atomic E-state index is 12.5. The van der Waals surface area contributed by atoms with Gasteiger partial charge in [-0.2, -0.15) is 0 Å². The normalized spacial score (nSPS) is 19.8. The Morgan fingerprint density at radius 3 is 2.44 bits per heavy atom. The van der Waals surface area contributed by atoms with Crippen molar-refractivity contribution in [3.8, 4) is 5.75 Å². The Morgan fingerprint density at radius 1 is 1.28 bits per heavy atom. The minimum atomic E-state index is -4.75. The molecule has 0 aromatic heterocycles. The van der Waals surface area contributed by atoms with Crippen LogP contribution in [0.5, 0.6) is 5.75 Å². The molecule has 1 saturated carbocycles. The predicted octanol–water partition coefficient (Wildman–Crippen LogP) is 3.74. The van der Waals surface area contributed by atoms with E-state index in [1.165, 1.54) is 12.1 Å². The van der Waals surface area contributed by atoms with Crippen molar-refractivity contribution in [1.29, 1.82) is 0 Å². The smallest absolute Gasteiger partial charge is 0.405 e. The van der Waals surface area contributed by atoms with Crippen LogP contribution in [0.4, 0.5) is 13.2 Å². The number of ether oxygens (including phenoxy) is 1. The van der Waals surface area contributed by atoms with E-state index in [1.807, 2.05) is 13.8 Å². The van der Waals surface area contributed by atoms with Gasteiger partial charge in [0.2, 0.25) is 5.91 Å². The number of para-hydroxylation sites is 1. The molecule has 4 nitrogen and oxygen atoms in total. The van der Waals surface area contributed by atoms with Gasteiger partial charge in [-0.15, -0.1) is 25.6 Å². The van der Waals surface area contributed by atoms with E-state index in [0.717, 1.165) is 12.8 Å². The first-order valence-corrected chi connectivity index (χ1v) is 8.10. The summed E-state index contributed by atoms with van der Waals surface area (Å²) in [6.45, 7) is 4.28. The Kier molecular flexibility index (Phi) is 7.14. The Balaban J connectivity index is 0.00000312. The summed E-state index contributed by atoms with van der Waals surface area (Å²) in [7, 11) is 0. The molecule has 3 N–H and O–H groups in total. The molecule has 2 unspecified atom stereocenters. The molecule has 0 bridgehead atoms. The fraction of sp³-hybridized carbons (Fsp3) is 0.588. The molecule has 8 heteroatoms. The fourth-order valence-corrected chi connectivity index (χ4v) is 2.73. The monoisotopic (exact) mass is 380 g/mol. The number of carbonyl (C=O) groups is 1. The largest absolute Gasteiger partial charge is 0.573 e. The van der Waals surface area contributed by atoms with E-state index in [1.54, 1.807) is 12.1 Å². The van der Waals surface area contributed by atoms with Gasteiger partial charge in [0.05, 0.1) is 0 Å². The van der Waals surface area contributed by atoms with Crippen molar-refractivity contribution in [2.24, 2.45) is 11.7 Å². The lowest BCUT2D eigenvalue weighted by molar-refractivity contribution is -0.274. The van der Waals surface area contributed by atoms with Gasteiger partial charge in [0, 0.05) is 18.0 Å². The number of hydrogen-bond acceptors (Lipinski definition) is 3. The molecular formula is C17H24ClF3N2O2. The molecule has 1 amide bonds. The van der Waals surface area contributed by atoms with Crippen LogP contribution in [0.1, 0.15) is 44.6 Å². The van der Waals surface area contributed by atoms with Crippen LogP contribution in [0, 0.1) is 5.92 Å². The molecule has 0 radical (unpaired) electrons. The minimum absolute atomic E-state index is 0. The predicted molar refractivity (Wildman–Crippen MR) is 91.7 cm³/mol. The van der Waals surface area contributed by atoms with Gasteiger partial charge in [-0.05, 0) is 36.8 Å². The average molecular weight is 381 g/mol. The number of benzene rings is 1. The van der Waals surface area contributed by atoms with Gasteiger partial charge in [-0.3, -0.25) is 4.79 Å². The maximum atomic E-state index is 12.5. The highest BCUT2D eigenvalue weighted by Crippen LogP contribution is 2.51. The number of nitrogens with one attached hydrogen (secondary N) is 1. The van der Waals surface area contributed by atoms with Crippen molar-refractivity contribution in [2.75, 3.05) is 6.54 Å². The van der Waals surface area contributed by atoms with Crippen molar-refractivity contribution in [2.45, 2.75) is 50.9 Å². The molecule has 1 fully saturated rings. The Hall–Kier alpha value is -1.47. The number of halogens is 4. The molecule has 0 aliphatic heterocycles. The zero-order valence-corrected chi connectivity index (χ0v) is 15.0. The third kappa shape index (κ3) is 5.78. The first kappa shape index (κ1) is 21.6. The van der Waals surface area contributed by atoms with Gasteiger partial charge in [0.1, 0.15) is 5.75 Å². The highest BCUT2D eigenvalue weighted by atomic mass is 35.5. The maximum Gasteiger partial charge on any atom is 0.573 e. The molecule has 25 heavy (non-hydrogen) atoms. The molecule has 1 aromatic rings. The van der Waals surface area contributed by atoms with Gasteiger partial charge in [-0.25, -0.2) is 0 Å². The fourth-order valence-electron chi connectivity index (χ4n) is 2.73. The molecule has 142 valence electrons.